The summed E-state index contributed by atoms with van der Waals surface area (Å²) in [6.45, 7) is 1.54. The van der Waals surface area contributed by atoms with E-state index in [9.17, 15) is 9.59 Å². The monoisotopic (exact) mass is 353 g/mol. The van der Waals surface area contributed by atoms with Crippen molar-refractivity contribution in [3.63, 3.8) is 0 Å². The standard InChI is InChI=1S/C19H23N5O2/c25-18(21-13-3-1-2-4-13)12-5-7-14(8-6-12)22-19(26)17-15-11-20-10-9-16(15)23-24-17/h5-8,13,20H,1-4,9-11H2,(H,21,25)(H,22,26)(H,23,24). The molecule has 0 bridgehead atoms. The van der Waals surface area contributed by atoms with Crippen LogP contribution in [0.25, 0.3) is 0 Å². The van der Waals surface area contributed by atoms with Crippen molar-refractivity contribution in [3.05, 3.63) is 46.8 Å². The molecule has 0 unspecified atom stereocenters. The van der Waals surface area contributed by atoms with Crippen LogP contribution in [0.2, 0.25) is 0 Å². The molecule has 2 heterocycles. The molecule has 1 aliphatic heterocycles. The summed E-state index contributed by atoms with van der Waals surface area (Å²) in [5.41, 5.74) is 3.63. The van der Waals surface area contributed by atoms with E-state index in [4.69, 9.17) is 0 Å². The van der Waals surface area contributed by atoms with E-state index in [0.717, 1.165) is 37.1 Å². The maximum Gasteiger partial charge on any atom is 0.276 e. The van der Waals surface area contributed by atoms with Gasteiger partial charge in [-0.2, -0.15) is 5.10 Å². The first-order valence-electron chi connectivity index (χ1n) is 9.20. The van der Waals surface area contributed by atoms with Gasteiger partial charge in [0.25, 0.3) is 11.8 Å². The number of carbonyl (C=O) groups is 2. The number of nitrogens with zero attached hydrogens (tertiary/aromatic N) is 1. The molecule has 1 aromatic heterocycles. The Morgan fingerprint density at radius 1 is 1.08 bits per heavy atom. The second-order valence-corrected chi connectivity index (χ2v) is 6.94. The van der Waals surface area contributed by atoms with Gasteiger partial charge in [0.15, 0.2) is 5.69 Å². The number of anilines is 1. The van der Waals surface area contributed by atoms with Crippen molar-refractivity contribution in [2.45, 2.75) is 44.7 Å². The molecule has 136 valence electrons. The lowest BCUT2D eigenvalue weighted by Gasteiger charge is -2.13. The van der Waals surface area contributed by atoms with Crippen LogP contribution >= 0.6 is 0 Å². The number of benzene rings is 1. The molecule has 2 amide bonds. The minimum atomic E-state index is -0.241. The molecule has 0 spiro atoms. The van der Waals surface area contributed by atoms with E-state index in [0.29, 0.717) is 29.5 Å². The van der Waals surface area contributed by atoms with E-state index in [1.807, 2.05) is 0 Å². The average Bonchev–Trinajstić information content (AvgIpc) is 3.31. The maximum atomic E-state index is 12.5. The van der Waals surface area contributed by atoms with Gasteiger partial charge in [-0.25, -0.2) is 0 Å². The van der Waals surface area contributed by atoms with E-state index in [-0.39, 0.29) is 11.8 Å². The fourth-order valence-corrected chi connectivity index (χ4v) is 3.65. The van der Waals surface area contributed by atoms with Crippen molar-refractivity contribution in [2.24, 2.45) is 0 Å². The third kappa shape index (κ3) is 3.48. The molecule has 7 heteroatoms. The third-order valence-corrected chi connectivity index (χ3v) is 5.12. The number of aromatic nitrogens is 2. The highest BCUT2D eigenvalue weighted by Crippen LogP contribution is 2.19. The Kier molecular flexibility index (Phi) is 4.71. The van der Waals surface area contributed by atoms with Crippen molar-refractivity contribution in [1.82, 2.24) is 20.8 Å². The number of rotatable bonds is 4. The van der Waals surface area contributed by atoms with Crippen molar-refractivity contribution in [3.8, 4) is 0 Å². The first kappa shape index (κ1) is 16.8. The first-order chi connectivity index (χ1) is 12.7. The number of amides is 2. The molecular weight excluding hydrogens is 330 g/mol. The van der Waals surface area contributed by atoms with Crippen LogP contribution in [0.3, 0.4) is 0 Å². The Morgan fingerprint density at radius 2 is 1.85 bits per heavy atom. The highest BCUT2D eigenvalue weighted by molar-refractivity contribution is 6.04. The molecule has 1 aromatic carbocycles. The number of carbonyl (C=O) groups excluding carboxylic acids is 2. The normalized spacial score (nSPS) is 16.9. The number of hydrogen-bond acceptors (Lipinski definition) is 4. The lowest BCUT2D eigenvalue weighted by atomic mass is 10.1. The molecule has 7 nitrogen and oxygen atoms in total. The minimum absolute atomic E-state index is 0.0535. The highest BCUT2D eigenvalue weighted by atomic mass is 16.2. The molecule has 4 N–H and O–H groups in total. The summed E-state index contributed by atoms with van der Waals surface area (Å²) < 4.78 is 0. The molecule has 26 heavy (non-hydrogen) atoms. The smallest absolute Gasteiger partial charge is 0.276 e. The molecule has 0 atom stereocenters. The third-order valence-electron chi connectivity index (χ3n) is 5.12. The summed E-state index contributed by atoms with van der Waals surface area (Å²) in [5, 5.41) is 16.3. The van der Waals surface area contributed by atoms with E-state index >= 15 is 0 Å². The largest absolute Gasteiger partial charge is 0.349 e. The van der Waals surface area contributed by atoms with Crippen molar-refractivity contribution < 1.29 is 9.59 Å². The summed E-state index contributed by atoms with van der Waals surface area (Å²) in [4.78, 5) is 24.8. The number of nitrogens with one attached hydrogen (secondary N) is 4. The summed E-state index contributed by atoms with van der Waals surface area (Å²) in [6.07, 6.45) is 5.33. The van der Waals surface area contributed by atoms with Crippen LogP contribution in [0.1, 0.15) is 57.8 Å². The van der Waals surface area contributed by atoms with Gasteiger partial charge >= 0.3 is 0 Å². The summed E-state index contributed by atoms with van der Waals surface area (Å²) in [6, 6.07) is 7.27. The van der Waals surface area contributed by atoms with Gasteiger partial charge in [-0.3, -0.25) is 14.7 Å². The van der Waals surface area contributed by atoms with Crippen LogP contribution in [0.5, 0.6) is 0 Å². The van der Waals surface area contributed by atoms with Crippen LogP contribution in [0.15, 0.2) is 24.3 Å². The number of fused-ring (bicyclic) bond motifs is 1. The van der Waals surface area contributed by atoms with Crippen molar-refractivity contribution >= 4 is 17.5 Å². The molecule has 0 radical (unpaired) electrons. The lowest BCUT2D eigenvalue weighted by Crippen LogP contribution is -2.32. The lowest BCUT2D eigenvalue weighted by molar-refractivity contribution is 0.0937. The Bertz CT molecular complexity index is 806. The summed E-state index contributed by atoms with van der Waals surface area (Å²) in [5.74, 6) is -0.295. The zero-order valence-electron chi connectivity index (χ0n) is 14.6. The van der Waals surface area contributed by atoms with Crippen LogP contribution in [0, 0.1) is 0 Å². The molecule has 1 aliphatic carbocycles. The second-order valence-electron chi connectivity index (χ2n) is 6.94. The predicted octanol–water partition coefficient (Wildman–Crippen LogP) is 1.98. The van der Waals surface area contributed by atoms with E-state index in [2.05, 4.69) is 26.1 Å². The van der Waals surface area contributed by atoms with Gasteiger partial charge in [-0.1, -0.05) is 12.8 Å². The summed E-state index contributed by atoms with van der Waals surface area (Å²) >= 11 is 0. The zero-order valence-corrected chi connectivity index (χ0v) is 14.6. The fourth-order valence-electron chi connectivity index (χ4n) is 3.65. The van der Waals surface area contributed by atoms with Crippen molar-refractivity contribution in [2.75, 3.05) is 11.9 Å². The predicted molar refractivity (Wildman–Crippen MR) is 98.1 cm³/mol. The molecular formula is C19H23N5O2. The Morgan fingerprint density at radius 3 is 2.62 bits per heavy atom. The molecule has 2 aliphatic rings. The van der Waals surface area contributed by atoms with E-state index in [1.165, 1.54) is 12.8 Å². The molecule has 1 saturated carbocycles. The average molecular weight is 353 g/mol. The topological polar surface area (TPSA) is 98.9 Å². The van der Waals surface area contributed by atoms with Crippen LogP contribution in [0.4, 0.5) is 5.69 Å². The number of H-pyrrole nitrogens is 1. The quantitative estimate of drug-likeness (QED) is 0.675. The van der Waals surface area contributed by atoms with E-state index < -0.39 is 0 Å². The van der Waals surface area contributed by atoms with Gasteiger partial charge in [0.05, 0.1) is 0 Å². The first-order valence-corrected chi connectivity index (χ1v) is 9.20. The van der Waals surface area contributed by atoms with Gasteiger partial charge in [0.2, 0.25) is 0 Å². The van der Waals surface area contributed by atoms with Gasteiger partial charge in [0.1, 0.15) is 0 Å². The Balaban J connectivity index is 1.40. The van der Waals surface area contributed by atoms with Gasteiger partial charge in [0, 0.05) is 48.1 Å². The van der Waals surface area contributed by atoms with E-state index in [1.54, 1.807) is 24.3 Å². The van der Waals surface area contributed by atoms with Crippen molar-refractivity contribution in [1.29, 1.82) is 0 Å². The number of hydrogen-bond donors (Lipinski definition) is 4. The Labute approximate surface area is 151 Å². The molecule has 0 saturated heterocycles. The minimum Gasteiger partial charge on any atom is -0.349 e. The van der Waals surface area contributed by atoms with Gasteiger partial charge < -0.3 is 16.0 Å². The van der Waals surface area contributed by atoms with Crippen LogP contribution in [-0.2, 0) is 13.0 Å². The van der Waals surface area contributed by atoms with Gasteiger partial charge in [-0.15, -0.1) is 0 Å². The van der Waals surface area contributed by atoms with Crippen LogP contribution in [-0.4, -0.2) is 34.6 Å². The molecule has 4 rings (SSSR count). The van der Waals surface area contributed by atoms with Gasteiger partial charge in [-0.05, 0) is 37.1 Å². The zero-order chi connectivity index (χ0) is 17.9. The molecule has 1 fully saturated rings. The number of aromatic amines is 1. The Hall–Kier alpha value is -2.67. The molecule has 2 aromatic rings. The highest BCUT2D eigenvalue weighted by Gasteiger charge is 2.22. The fraction of sp³-hybridized carbons (Fsp3) is 0.421. The maximum absolute atomic E-state index is 12.5. The SMILES string of the molecule is O=C(NC1CCCC1)c1ccc(NC(=O)c2n[nH]c3c2CNCC3)cc1. The van der Waals surface area contributed by atoms with Crippen LogP contribution < -0.4 is 16.0 Å². The summed E-state index contributed by atoms with van der Waals surface area (Å²) in [7, 11) is 0. The second kappa shape index (κ2) is 7.29.